The fourth-order valence-electron chi connectivity index (χ4n) is 3.99. The molecule has 0 heterocycles. The van der Waals surface area contributed by atoms with Gasteiger partial charge in [-0.1, -0.05) is 36.4 Å². The van der Waals surface area contributed by atoms with Crippen LogP contribution in [0.4, 0.5) is 5.69 Å². The Morgan fingerprint density at radius 1 is 0.923 bits per heavy atom. The monoisotopic (exact) mass is 580 g/mol. The van der Waals surface area contributed by atoms with Crippen LogP contribution in [0.3, 0.4) is 0 Å². The third-order valence-corrected chi connectivity index (χ3v) is 9.72. The van der Waals surface area contributed by atoms with Crippen molar-refractivity contribution in [3.8, 4) is 5.75 Å². The molecule has 3 aromatic rings. The molecule has 0 aliphatic carbocycles. The highest BCUT2D eigenvalue weighted by molar-refractivity contribution is 7.89. The highest BCUT2D eigenvalue weighted by atomic mass is 32.2. The minimum atomic E-state index is -4.62. The summed E-state index contributed by atoms with van der Waals surface area (Å²) in [4.78, 5) is 20.4. The molecular formula is C27H37N2O8PS. The molecule has 0 amide bonds. The second-order valence-corrected chi connectivity index (χ2v) is 13.8. The van der Waals surface area contributed by atoms with Crippen molar-refractivity contribution in [1.29, 1.82) is 0 Å². The number of ether oxygens (including phenoxy) is 2. The number of rotatable bonds is 14. The predicted octanol–water partition coefficient (Wildman–Crippen LogP) is 3.79. The van der Waals surface area contributed by atoms with E-state index in [-0.39, 0.29) is 24.5 Å². The van der Waals surface area contributed by atoms with Gasteiger partial charge in [-0.2, -0.15) is 4.31 Å². The van der Waals surface area contributed by atoms with Crippen molar-refractivity contribution in [1.82, 2.24) is 4.31 Å². The fraction of sp³-hybridized carbons (Fsp3) is 0.407. The Hall–Kier alpha value is -2.50. The molecule has 3 N–H and O–H groups in total. The standard InChI is InChI=1S/C27H37N2O8PS/c1-27(30,38(31,32)33)15-18-36-16-8-17-37-22-10-5-9-21(19-22)20-29(4)39(34,35)26-14-7-11-23-24(26)12-6-13-25(23)28(2)3/h5-7,9-14,19,30H,8,15-18,20H2,1-4H3,(H2,31,32,33). The molecule has 0 saturated carbocycles. The zero-order valence-corrected chi connectivity index (χ0v) is 24.4. The molecule has 0 saturated heterocycles. The number of aliphatic hydroxyl groups is 1. The number of nitrogens with zero attached hydrogens (tertiary/aromatic N) is 2. The van der Waals surface area contributed by atoms with Crippen LogP contribution in [0.1, 0.15) is 25.3 Å². The molecule has 1 atom stereocenters. The molecule has 0 aliphatic rings. The molecular weight excluding hydrogens is 543 g/mol. The van der Waals surface area contributed by atoms with E-state index in [1.165, 1.54) is 4.31 Å². The molecule has 214 valence electrons. The molecule has 1 unspecified atom stereocenters. The molecule has 0 radical (unpaired) electrons. The Labute approximate surface area is 230 Å². The average Bonchev–Trinajstić information content (AvgIpc) is 2.86. The lowest BCUT2D eigenvalue weighted by Crippen LogP contribution is -2.26. The van der Waals surface area contributed by atoms with Crippen molar-refractivity contribution >= 4 is 34.1 Å². The summed E-state index contributed by atoms with van der Waals surface area (Å²) in [5.41, 5.74) is 1.71. The molecule has 0 aromatic heterocycles. The smallest absolute Gasteiger partial charge is 0.356 e. The Morgan fingerprint density at radius 3 is 2.28 bits per heavy atom. The first-order valence-electron chi connectivity index (χ1n) is 12.5. The van der Waals surface area contributed by atoms with Crippen LogP contribution in [-0.2, 0) is 25.9 Å². The van der Waals surface area contributed by atoms with Crippen LogP contribution in [0.15, 0.2) is 65.6 Å². The molecule has 0 fully saturated rings. The van der Waals surface area contributed by atoms with Crippen LogP contribution in [0.2, 0.25) is 0 Å². The van der Waals surface area contributed by atoms with E-state index < -0.39 is 23.0 Å². The van der Waals surface area contributed by atoms with Gasteiger partial charge in [0.1, 0.15) is 5.75 Å². The summed E-state index contributed by atoms with van der Waals surface area (Å²) < 4.78 is 50.7. The highest BCUT2D eigenvalue weighted by Crippen LogP contribution is 2.50. The maximum Gasteiger partial charge on any atom is 0.356 e. The molecule has 3 rings (SSSR count). The maximum atomic E-state index is 13.5. The SMILES string of the molecule is CN(C)c1cccc2c(S(=O)(=O)N(C)Cc3cccc(OCCCOCCC(C)(O)P(=O)(O)O)c3)cccc12. The van der Waals surface area contributed by atoms with Crippen LogP contribution in [0, 0.1) is 0 Å². The van der Waals surface area contributed by atoms with E-state index in [0.717, 1.165) is 23.6 Å². The lowest BCUT2D eigenvalue weighted by Gasteiger charge is -2.23. The predicted molar refractivity (Wildman–Crippen MR) is 152 cm³/mol. The minimum absolute atomic E-state index is 0.00155. The van der Waals surface area contributed by atoms with Gasteiger partial charge in [-0.25, -0.2) is 8.42 Å². The van der Waals surface area contributed by atoms with Gasteiger partial charge in [0.15, 0.2) is 5.34 Å². The van der Waals surface area contributed by atoms with Gasteiger partial charge in [-0.05, 0) is 36.8 Å². The minimum Gasteiger partial charge on any atom is -0.493 e. The summed E-state index contributed by atoms with van der Waals surface area (Å²) in [6.07, 6.45) is 0.332. The van der Waals surface area contributed by atoms with Crippen LogP contribution in [0.25, 0.3) is 10.8 Å². The van der Waals surface area contributed by atoms with E-state index in [4.69, 9.17) is 19.3 Å². The summed E-state index contributed by atoms with van der Waals surface area (Å²) in [6, 6.07) is 18.1. The topological polar surface area (TPSA) is 137 Å². The lowest BCUT2D eigenvalue weighted by molar-refractivity contribution is 0.0475. The zero-order valence-electron chi connectivity index (χ0n) is 22.6. The van der Waals surface area contributed by atoms with Crippen molar-refractivity contribution in [2.45, 2.75) is 36.5 Å². The lowest BCUT2D eigenvalue weighted by atomic mass is 10.1. The van der Waals surface area contributed by atoms with Gasteiger partial charge in [0.25, 0.3) is 0 Å². The van der Waals surface area contributed by atoms with Crippen molar-refractivity contribution in [3.05, 3.63) is 66.2 Å². The van der Waals surface area contributed by atoms with Gasteiger partial charge in [0, 0.05) is 70.2 Å². The van der Waals surface area contributed by atoms with Crippen molar-refractivity contribution < 1.29 is 37.3 Å². The Kier molecular flexibility index (Phi) is 10.2. The van der Waals surface area contributed by atoms with E-state index in [0.29, 0.717) is 30.8 Å². The van der Waals surface area contributed by atoms with Gasteiger partial charge < -0.3 is 29.3 Å². The Morgan fingerprint density at radius 2 is 1.59 bits per heavy atom. The van der Waals surface area contributed by atoms with Gasteiger partial charge in [-0.15, -0.1) is 0 Å². The van der Waals surface area contributed by atoms with E-state index in [9.17, 15) is 18.1 Å². The van der Waals surface area contributed by atoms with E-state index in [2.05, 4.69) is 0 Å². The van der Waals surface area contributed by atoms with E-state index in [1.54, 1.807) is 37.4 Å². The maximum absolute atomic E-state index is 13.5. The first kappa shape index (κ1) is 31.0. The van der Waals surface area contributed by atoms with Gasteiger partial charge >= 0.3 is 7.60 Å². The first-order chi connectivity index (χ1) is 18.2. The van der Waals surface area contributed by atoms with Gasteiger partial charge in [0.2, 0.25) is 10.0 Å². The fourth-order valence-corrected chi connectivity index (χ4v) is 5.73. The number of anilines is 1. The van der Waals surface area contributed by atoms with Crippen molar-refractivity contribution in [3.63, 3.8) is 0 Å². The molecule has 0 aliphatic heterocycles. The molecule has 12 heteroatoms. The van der Waals surface area contributed by atoms with E-state index >= 15 is 0 Å². The first-order valence-corrected chi connectivity index (χ1v) is 15.5. The summed E-state index contributed by atoms with van der Waals surface area (Å²) >= 11 is 0. The largest absolute Gasteiger partial charge is 0.493 e. The summed E-state index contributed by atoms with van der Waals surface area (Å²) in [5.74, 6) is 0.587. The van der Waals surface area contributed by atoms with Crippen molar-refractivity contribution in [2.75, 3.05) is 45.9 Å². The summed E-state index contributed by atoms with van der Waals surface area (Å²) in [7, 11) is -3.00. The summed E-state index contributed by atoms with van der Waals surface area (Å²) in [6.45, 7) is 1.86. The third-order valence-electron chi connectivity index (χ3n) is 6.38. The summed E-state index contributed by atoms with van der Waals surface area (Å²) in [5, 5.41) is 9.19. The number of hydrogen-bond acceptors (Lipinski definition) is 7. The van der Waals surface area contributed by atoms with Crippen LogP contribution >= 0.6 is 7.60 Å². The number of fused-ring (bicyclic) bond motifs is 1. The number of sulfonamides is 1. The van der Waals surface area contributed by atoms with Crippen LogP contribution < -0.4 is 9.64 Å². The third kappa shape index (κ3) is 7.79. The molecule has 0 spiro atoms. The molecule has 3 aromatic carbocycles. The van der Waals surface area contributed by atoms with Crippen LogP contribution in [0.5, 0.6) is 5.75 Å². The number of hydrogen-bond donors (Lipinski definition) is 3. The quantitative estimate of drug-likeness (QED) is 0.192. The zero-order chi connectivity index (χ0) is 28.8. The second kappa shape index (κ2) is 12.8. The van der Waals surface area contributed by atoms with Crippen LogP contribution in [-0.4, -0.2) is 73.9 Å². The number of benzene rings is 3. The van der Waals surface area contributed by atoms with Crippen molar-refractivity contribution in [2.24, 2.45) is 0 Å². The second-order valence-electron chi connectivity index (χ2n) is 9.76. The van der Waals surface area contributed by atoms with Gasteiger partial charge in [0.05, 0.1) is 11.5 Å². The Balaban J connectivity index is 1.57. The highest BCUT2D eigenvalue weighted by Gasteiger charge is 2.39. The average molecular weight is 581 g/mol. The van der Waals surface area contributed by atoms with E-state index in [1.807, 2.05) is 49.3 Å². The Bertz CT molecular complexity index is 1420. The molecule has 0 bridgehead atoms. The molecule has 10 nitrogen and oxygen atoms in total. The normalized spacial score (nSPS) is 13.9. The molecule has 39 heavy (non-hydrogen) atoms. The van der Waals surface area contributed by atoms with Gasteiger partial charge in [-0.3, -0.25) is 4.57 Å².